The summed E-state index contributed by atoms with van der Waals surface area (Å²) < 4.78 is 1.53. The number of nitrogens with one attached hydrogen (secondary N) is 1. The highest BCUT2D eigenvalue weighted by molar-refractivity contribution is 6.06. The molecule has 0 atom stereocenters. The van der Waals surface area contributed by atoms with Crippen LogP contribution in [0.25, 0.3) is 0 Å². The fourth-order valence-corrected chi connectivity index (χ4v) is 2.63. The molecule has 6 heteroatoms. The van der Waals surface area contributed by atoms with Gasteiger partial charge >= 0.3 is 0 Å². The molecule has 0 radical (unpaired) electrons. The molecule has 1 amide bonds. The van der Waals surface area contributed by atoms with Gasteiger partial charge < -0.3 is 11.1 Å². The largest absolute Gasteiger partial charge is 0.382 e. The first-order chi connectivity index (χ1) is 11.9. The lowest BCUT2D eigenvalue weighted by atomic mass is 10.1. The second kappa shape index (κ2) is 6.76. The van der Waals surface area contributed by atoms with E-state index in [0.29, 0.717) is 6.54 Å². The smallest absolute Gasteiger partial charge is 0.280 e. The summed E-state index contributed by atoms with van der Waals surface area (Å²) in [6, 6.07) is 13.9. The summed E-state index contributed by atoms with van der Waals surface area (Å²) in [4.78, 5) is 12.5. The van der Waals surface area contributed by atoms with Gasteiger partial charge in [-0.25, -0.2) is 4.68 Å². The van der Waals surface area contributed by atoms with E-state index in [1.165, 1.54) is 4.68 Å². The van der Waals surface area contributed by atoms with E-state index < -0.39 is 0 Å². The molecule has 3 N–H and O–H groups in total. The third kappa shape index (κ3) is 3.68. The number of rotatable bonds is 4. The number of nitrogen functional groups attached to an aromatic ring is 1. The van der Waals surface area contributed by atoms with Crippen molar-refractivity contribution in [1.82, 2.24) is 15.0 Å². The first-order valence-electron chi connectivity index (χ1n) is 8.07. The molecular weight excluding hydrogens is 314 g/mol. The first kappa shape index (κ1) is 16.7. The van der Waals surface area contributed by atoms with Crippen molar-refractivity contribution in [1.29, 1.82) is 0 Å². The Morgan fingerprint density at radius 3 is 2.64 bits per heavy atom. The first-order valence-corrected chi connectivity index (χ1v) is 8.07. The van der Waals surface area contributed by atoms with Gasteiger partial charge in [-0.2, -0.15) is 0 Å². The van der Waals surface area contributed by atoms with Crippen LogP contribution in [0.5, 0.6) is 0 Å². The summed E-state index contributed by atoms with van der Waals surface area (Å²) in [6.45, 7) is 6.41. The Hall–Kier alpha value is -3.15. The van der Waals surface area contributed by atoms with E-state index in [0.717, 1.165) is 27.9 Å². The van der Waals surface area contributed by atoms with Gasteiger partial charge in [0, 0.05) is 5.69 Å². The summed E-state index contributed by atoms with van der Waals surface area (Å²) in [5.74, 6) is -0.106. The van der Waals surface area contributed by atoms with Crippen molar-refractivity contribution in [3.8, 4) is 0 Å². The Balaban J connectivity index is 1.80. The molecule has 0 unspecified atom stereocenters. The van der Waals surface area contributed by atoms with Crippen LogP contribution in [0.3, 0.4) is 0 Å². The lowest BCUT2D eigenvalue weighted by Gasteiger charge is -2.08. The Kier molecular flexibility index (Phi) is 4.52. The Bertz CT molecular complexity index is 929. The van der Waals surface area contributed by atoms with E-state index in [1.54, 1.807) is 0 Å². The molecule has 25 heavy (non-hydrogen) atoms. The number of hydrogen-bond acceptors (Lipinski definition) is 4. The van der Waals surface area contributed by atoms with Crippen LogP contribution in [0.2, 0.25) is 0 Å². The normalized spacial score (nSPS) is 10.7. The summed E-state index contributed by atoms with van der Waals surface area (Å²) in [7, 11) is 0. The lowest BCUT2D eigenvalue weighted by Crippen LogP contribution is -2.16. The van der Waals surface area contributed by atoms with Gasteiger partial charge in [0.05, 0.1) is 6.54 Å². The number of aryl methyl sites for hydroxylation is 3. The number of anilines is 2. The average molecular weight is 335 g/mol. The second-order valence-electron chi connectivity index (χ2n) is 6.24. The molecular formula is C19H21N5O. The van der Waals surface area contributed by atoms with Crippen LogP contribution < -0.4 is 11.1 Å². The highest BCUT2D eigenvalue weighted by atomic mass is 16.2. The quantitative estimate of drug-likeness (QED) is 0.767. The number of benzene rings is 2. The Morgan fingerprint density at radius 2 is 1.88 bits per heavy atom. The standard InChI is InChI=1S/C19H21N5O/c1-12-5-4-6-15(9-12)11-24-18(20)17(22-23-24)19(25)21-16-10-13(2)7-8-14(16)3/h4-10H,11,20H2,1-3H3,(H,21,25). The monoisotopic (exact) mass is 335 g/mol. The highest BCUT2D eigenvalue weighted by Gasteiger charge is 2.18. The van der Waals surface area contributed by atoms with Gasteiger partial charge in [-0.15, -0.1) is 5.10 Å². The molecule has 0 aliphatic carbocycles. The topological polar surface area (TPSA) is 85.8 Å². The van der Waals surface area contributed by atoms with E-state index in [-0.39, 0.29) is 17.4 Å². The molecule has 128 valence electrons. The minimum absolute atomic E-state index is 0.133. The molecule has 3 rings (SSSR count). The van der Waals surface area contributed by atoms with Gasteiger partial charge in [-0.1, -0.05) is 47.2 Å². The van der Waals surface area contributed by atoms with Crippen molar-refractivity contribution in [2.45, 2.75) is 27.3 Å². The lowest BCUT2D eigenvalue weighted by molar-refractivity contribution is 0.102. The minimum atomic E-state index is -0.360. The molecule has 0 saturated carbocycles. The van der Waals surface area contributed by atoms with E-state index in [2.05, 4.69) is 21.7 Å². The molecule has 0 bridgehead atoms. The summed E-state index contributed by atoms with van der Waals surface area (Å²) >= 11 is 0. The highest BCUT2D eigenvalue weighted by Crippen LogP contribution is 2.19. The molecule has 1 heterocycles. The van der Waals surface area contributed by atoms with Crippen molar-refractivity contribution < 1.29 is 4.79 Å². The van der Waals surface area contributed by atoms with Crippen LogP contribution in [0.1, 0.15) is 32.7 Å². The number of aromatic nitrogens is 3. The number of carbonyl (C=O) groups excluding carboxylic acids is 1. The fourth-order valence-electron chi connectivity index (χ4n) is 2.63. The summed E-state index contributed by atoms with van der Waals surface area (Å²) in [5, 5.41) is 10.8. The molecule has 6 nitrogen and oxygen atoms in total. The van der Waals surface area contributed by atoms with Crippen LogP contribution in [0.4, 0.5) is 11.5 Å². The van der Waals surface area contributed by atoms with Gasteiger partial charge in [0.1, 0.15) is 0 Å². The van der Waals surface area contributed by atoms with Crippen molar-refractivity contribution in [2.75, 3.05) is 11.1 Å². The molecule has 0 aliphatic rings. The van der Waals surface area contributed by atoms with E-state index >= 15 is 0 Å². The third-order valence-electron chi connectivity index (χ3n) is 4.04. The van der Waals surface area contributed by atoms with Crippen LogP contribution in [0.15, 0.2) is 42.5 Å². The summed E-state index contributed by atoms with van der Waals surface area (Å²) in [5.41, 5.74) is 11.2. The zero-order valence-electron chi connectivity index (χ0n) is 14.6. The van der Waals surface area contributed by atoms with Gasteiger partial charge in [-0.05, 0) is 43.5 Å². The molecule has 0 spiro atoms. The molecule has 3 aromatic rings. The summed E-state index contributed by atoms with van der Waals surface area (Å²) in [6.07, 6.45) is 0. The number of carbonyl (C=O) groups is 1. The predicted octanol–water partition coefficient (Wildman–Crippen LogP) is 3.09. The van der Waals surface area contributed by atoms with Gasteiger partial charge in [0.25, 0.3) is 5.91 Å². The van der Waals surface area contributed by atoms with Crippen molar-refractivity contribution in [3.05, 3.63) is 70.4 Å². The SMILES string of the molecule is Cc1cccc(Cn2nnc(C(=O)Nc3cc(C)ccc3C)c2N)c1. The molecule has 0 saturated heterocycles. The number of amides is 1. The van der Waals surface area contributed by atoms with Crippen LogP contribution in [-0.4, -0.2) is 20.9 Å². The number of hydrogen-bond donors (Lipinski definition) is 2. The second-order valence-corrected chi connectivity index (χ2v) is 6.24. The minimum Gasteiger partial charge on any atom is -0.382 e. The van der Waals surface area contributed by atoms with Crippen molar-refractivity contribution in [3.63, 3.8) is 0 Å². The maximum Gasteiger partial charge on any atom is 0.280 e. The zero-order valence-corrected chi connectivity index (χ0v) is 14.6. The molecule has 0 fully saturated rings. The number of nitrogens with two attached hydrogens (primary N) is 1. The van der Waals surface area contributed by atoms with Gasteiger partial charge in [-0.3, -0.25) is 4.79 Å². The average Bonchev–Trinajstić information content (AvgIpc) is 2.92. The van der Waals surface area contributed by atoms with Crippen molar-refractivity contribution >= 4 is 17.4 Å². The fraction of sp³-hybridized carbons (Fsp3) is 0.211. The maximum absolute atomic E-state index is 12.5. The Labute approximate surface area is 146 Å². The molecule has 2 aromatic carbocycles. The van der Waals surface area contributed by atoms with E-state index in [1.807, 2.05) is 57.2 Å². The zero-order chi connectivity index (χ0) is 18.0. The van der Waals surface area contributed by atoms with Crippen LogP contribution >= 0.6 is 0 Å². The van der Waals surface area contributed by atoms with Gasteiger partial charge in [0.2, 0.25) is 0 Å². The Morgan fingerprint density at radius 1 is 1.12 bits per heavy atom. The molecule has 0 aliphatic heterocycles. The van der Waals surface area contributed by atoms with Gasteiger partial charge in [0.15, 0.2) is 11.5 Å². The number of nitrogens with zero attached hydrogens (tertiary/aromatic N) is 3. The van der Waals surface area contributed by atoms with E-state index in [9.17, 15) is 4.79 Å². The maximum atomic E-state index is 12.5. The van der Waals surface area contributed by atoms with E-state index in [4.69, 9.17) is 5.73 Å². The van der Waals surface area contributed by atoms with Crippen LogP contribution in [0, 0.1) is 20.8 Å². The van der Waals surface area contributed by atoms with Crippen molar-refractivity contribution in [2.24, 2.45) is 0 Å². The predicted molar refractivity (Wildman–Crippen MR) is 98.6 cm³/mol. The van der Waals surface area contributed by atoms with Crippen LogP contribution in [-0.2, 0) is 6.54 Å². The molecule has 1 aromatic heterocycles. The third-order valence-corrected chi connectivity index (χ3v) is 4.04.